The topological polar surface area (TPSA) is 42.0 Å². The lowest BCUT2D eigenvalue weighted by molar-refractivity contribution is 0.0989. The van der Waals surface area contributed by atoms with Gasteiger partial charge in [0.05, 0.1) is 5.52 Å². The highest BCUT2D eigenvalue weighted by Gasteiger charge is 2.21. The molecule has 0 amide bonds. The Balaban J connectivity index is 2.03. The fraction of sp³-hybridized carbons (Fsp3) is 0.333. The number of fused-ring (bicyclic) bond motifs is 1. The highest BCUT2D eigenvalue weighted by molar-refractivity contribution is 6.07. The maximum absolute atomic E-state index is 11.9. The molecule has 0 atom stereocenters. The van der Waals surface area contributed by atoms with E-state index in [-0.39, 0.29) is 5.78 Å². The van der Waals surface area contributed by atoms with E-state index in [0.29, 0.717) is 12.5 Å². The Morgan fingerprint density at radius 1 is 1.33 bits per heavy atom. The molecule has 1 heterocycles. The van der Waals surface area contributed by atoms with E-state index < -0.39 is 0 Å². The minimum Gasteiger partial charge on any atom is -0.367 e. The van der Waals surface area contributed by atoms with Gasteiger partial charge in [-0.1, -0.05) is 19.1 Å². The first-order valence-corrected chi connectivity index (χ1v) is 6.47. The monoisotopic (exact) mass is 240 g/mol. The molecule has 0 saturated heterocycles. The number of aromatic nitrogens is 1. The highest BCUT2D eigenvalue weighted by atomic mass is 16.1. The van der Waals surface area contributed by atoms with Crippen molar-refractivity contribution in [1.82, 2.24) is 4.98 Å². The molecule has 1 fully saturated rings. The average Bonchev–Trinajstić information content (AvgIpc) is 3.21. The van der Waals surface area contributed by atoms with E-state index in [2.05, 4.69) is 10.3 Å². The molecule has 0 radical (unpaired) electrons. The van der Waals surface area contributed by atoms with E-state index in [1.807, 2.05) is 37.3 Å². The molecule has 2 aromatic rings. The molecular weight excluding hydrogens is 224 g/mol. The van der Waals surface area contributed by atoms with Crippen LogP contribution in [0, 0.1) is 0 Å². The van der Waals surface area contributed by atoms with Gasteiger partial charge in [-0.15, -0.1) is 0 Å². The summed E-state index contributed by atoms with van der Waals surface area (Å²) in [7, 11) is 0. The second kappa shape index (κ2) is 4.41. The predicted octanol–water partition coefficient (Wildman–Crippen LogP) is 3.40. The predicted molar refractivity (Wildman–Crippen MR) is 73.0 cm³/mol. The molecule has 3 rings (SSSR count). The van der Waals surface area contributed by atoms with Gasteiger partial charge >= 0.3 is 0 Å². The van der Waals surface area contributed by atoms with Crippen LogP contribution in [0.4, 0.5) is 5.82 Å². The molecule has 1 N–H and O–H groups in total. The fourth-order valence-corrected chi connectivity index (χ4v) is 2.11. The van der Waals surface area contributed by atoms with Crippen LogP contribution in [0.25, 0.3) is 10.9 Å². The van der Waals surface area contributed by atoms with Gasteiger partial charge in [-0.25, -0.2) is 4.98 Å². The minimum absolute atomic E-state index is 0.172. The van der Waals surface area contributed by atoms with Crippen molar-refractivity contribution in [3.8, 4) is 0 Å². The summed E-state index contributed by atoms with van der Waals surface area (Å²) in [5.74, 6) is 1.08. The number of nitrogens with zero attached hydrogens (tertiary/aromatic N) is 1. The quantitative estimate of drug-likeness (QED) is 0.833. The zero-order valence-corrected chi connectivity index (χ0v) is 10.4. The fourth-order valence-electron chi connectivity index (χ4n) is 2.11. The first kappa shape index (κ1) is 11.2. The summed E-state index contributed by atoms with van der Waals surface area (Å²) in [4.78, 5) is 16.4. The third kappa shape index (κ3) is 2.08. The van der Waals surface area contributed by atoms with Crippen LogP contribution in [0.1, 0.15) is 36.5 Å². The van der Waals surface area contributed by atoms with Crippen molar-refractivity contribution in [3.63, 3.8) is 0 Å². The summed E-state index contributed by atoms with van der Waals surface area (Å²) in [6, 6.07) is 10.3. The zero-order valence-electron chi connectivity index (χ0n) is 10.4. The lowest BCUT2D eigenvalue weighted by atomic mass is 10.0. The first-order valence-electron chi connectivity index (χ1n) is 6.47. The van der Waals surface area contributed by atoms with Gasteiger partial charge in [0.1, 0.15) is 5.82 Å². The smallest absolute Gasteiger partial charge is 0.163 e. The maximum atomic E-state index is 11.9. The number of carbonyl (C=O) groups excluding carboxylic acids is 1. The molecule has 1 aromatic carbocycles. The molecule has 92 valence electrons. The maximum Gasteiger partial charge on any atom is 0.163 e. The van der Waals surface area contributed by atoms with Crippen LogP contribution in [0.2, 0.25) is 0 Å². The Kier molecular flexibility index (Phi) is 2.74. The molecular formula is C15H16N2O. The van der Waals surface area contributed by atoms with Gasteiger partial charge in [0.2, 0.25) is 0 Å². The summed E-state index contributed by atoms with van der Waals surface area (Å²) in [5, 5.41) is 4.32. The zero-order chi connectivity index (χ0) is 12.5. The van der Waals surface area contributed by atoms with E-state index in [1.54, 1.807) is 0 Å². The number of rotatable bonds is 4. The van der Waals surface area contributed by atoms with E-state index in [0.717, 1.165) is 22.3 Å². The van der Waals surface area contributed by atoms with Crippen molar-refractivity contribution in [2.45, 2.75) is 32.2 Å². The van der Waals surface area contributed by atoms with Crippen LogP contribution in [-0.4, -0.2) is 16.8 Å². The van der Waals surface area contributed by atoms with Gasteiger partial charge in [-0.05, 0) is 31.0 Å². The lowest BCUT2D eigenvalue weighted by Gasteiger charge is -2.07. The summed E-state index contributed by atoms with van der Waals surface area (Å²) in [6.45, 7) is 1.89. The van der Waals surface area contributed by atoms with Crippen molar-refractivity contribution in [3.05, 3.63) is 35.9 Å². The molecule has 18 heavy (non-hydrogen) atoms. The molecule has 3 nitrogen and oxygen atoms in total. The van der Waals surface area contributed by atoms with Gasteiger partial charge in [0, 0.05) is 23.4 Å². The second-order valence-electron chi connectivity index (χ2n) is 4.76. The molecule has 0 spiro atoms. The van der Waals surface area contributed by atoms with Crippen molar-refractivity contribution in [2.75, 3.05) is 5.32 Å². The van der Waals surface area contributed by atoms with E-state index in [4.69, 9.17) is 0 Å². The van der Waals surface area contributed by atoms with Crippen LogP contribution in [0.3, 0.4) is 0 Å². The van der Waals surface area contributed by atoms with Crippen LogP contribution in [0.15, 0.2) is 30.3 Å². The number of anilines is 1. The molecule has 1 aliphatic rings. The second-order valence-corrected chi connectivity index (χ2v) is 4.76. The van der Waals surface area contributed by atoms with E-state index in [9.17, 15) is 4.79 Å². The van der Waals surface area contributed by atoms with Gasteiger partial charge in [-0.2, -0.15) is 0 Å². The number of Topliss-reactive ketones (excluding diaryl/α,β-unsaturated/α-hetero) is 1. The van der Waals surface area contributed by atoms with Crippen LogP contribution in [-0.2, 0) is 0 Å². The van der Waals surface area contributed by atoms with Gasteiger partial charge in [-0.3, -0.25) is 4.79 Å². The normalized spacial score (nSPS) is 14.7. The third-order valence-electron chi connectivity index (χ3n) is 3.28. The number of benzene rings is 1. The number of pyridine rings is 1. The van der Waals surface area contributed by atoms with Gasteiger partial charge in [0.15, 0.2) is 5.78 Å². The Morgan fingerprint density at radius 3 is 2.89 bits per heavy atom. The van der Waals surface area contributed by atoms with Crippen LogP contribution in [0.5, 0.6) is 0 Å². The van der Waals surface area contributed by atoms with Gasteiger partial charge in [0.25, 0.3) is 0 Å². The summed E-state index contributed by atoms with van der Waals surface area (Å²) in [6.07, 6.45) is 2.99. The Morgan fingerprint density at radius 2 is 2.17 bits per heavy atom. The highest BCUT2D eigenvalue weighted by Crippen LogP contribution is 2.26. The molecule has 1 aliphatic carbocycles. The van der Waals surface area contributed by atoms with Crippen molar-refractivity contribution < 1.29 is 4.79 Å². The van der Waals surface area contributed by atoms with Crippen LogP contribution < -0.4 is 5.32 Å². The molecule has 0 bridgehead atoms. The van der Waals surface area contributed by atoms with Crippen LogP contribution >= 0.6 is 0 Å². The SMILES string of the molecule is CCC(=O)c1cccc2nc(NC3CC3)ccc12. The van der Waals surface area contributed by atoms with Gasteiger partial charge < -0.3 is 5.32 Å². The van der Waals surface area contributed by atoms with E-state index >= 15 is 0 Å². The van der Waals surface area contributed by atoms with Crippen molar-refractivity contribution in [2.24, 2.45) is 0 Å². The largest absolute Gasteiger partial charge is 0.367 e. The Bertz CT molecular complexity index is 602. The van der Waals surface area contributed by atoms with E-state index in [1.165, 1.54) is 12.8 Å². The number of carbonyl (C=O) groups is 1. The molecule has 1 saturated carbocycles. The summed E-state index contributed by atoms with van der Waals surface area (Å²) >= 11 is 0. The first-order chi connectivity index (χ1) is 8.78. The summed E-state index contributed by atoms with van der Waals surface area (Å²) in [5.41, 5.74) is 1.67. The molecule has 3 heteroatoms. The van der Waals surface area contributed by atoms with Crippen molar-refractivity contribution >= 4 is 22.5 Å². The summed E-state index contributed by atoms with van der Waals surface area (Å²) < 4.78 is 0. The average molecular weight is 240 g/mol. The Labute approximate surface area is 106 Å². The third-order valence-corrected chi connectivity index (χ3v) is 3.28. The number of hydrogen-bond donors (Lipinski definition) is 1. The lowest BCUT2D eigenvalue weighted by Crippen LogP contribution is -2.04. The Hall–Kier alpha value is -1.90. The molecule has 0 unspecified atom stereocenters. The van der Waals surface area contributed by atoms with Crippen molar-refractivity contribution in [1.29, 1.82) is 0 Å². The number of nitrogens with one attached hydrogen (secondary N) is 1. The minimum atomic E-state index is 0.172. The molecule has 0 aliphatic heterocycles. The number of hydrogen-bond acceptors (Lipinski definition) is 3. The molecule has 1 aromatic heterocycles. The number of ketones is 1. The standard InChI is InChI=1S/C15H16N2O/c1-2-14(18)12-4-3-5-13-11(12)8-9-15(17-13)16-10-6-7-10/h3-5,8-10H,2,6-7H2,1H3,(H,16,17).